The van der Waals surface area contributed by atoms with Crippen LogP contribution < -0.4 is 5.73 Å². The molecule has 1 aliphatic rings. The predicted molar refractivity (Wildman–Crippen MR) is 76.8 cm³/mol. The number of nitrogens with two attached hydrogens (primary N) is 1. The first kappa shape index (κ1) is 12.9. The zero-order chi connectivity index (χ0) is 12.4. The van der Waals surface area contributed by atoms with Crippen molar-refractivity contribution in [3.05, 3.63) is 28.2 Å². The second-order valence-electron chi connectivity index (χ2n) is 5.41. The topological polar surface area (TPSA) is 29.3 Å². The SMILES string of the molecule is CC(C)CN(Cc1ccc(N)cc1Br)C1CC1. The number of rotatable bonds is 5. The molecule has 0 bridgehead atoms. The maximum absolute atomic E-state index is 5.77. The molecule has 2 N–H and O–H groups in total. The highest BCUT2D eigenvalue weighted by atomic mass is 79.9. The van der Waals surface area contributed by atoms with E-state index in [-0.39, 0.29) is 0 Å². The van der Waals surface area contributed by atoms with E-state index >= 15 is 0 Å². The number of halogens is 1. The zero-order valence-electron chi connectivity index (χ0n) is 10.6. The summed E-state index contributed by atoms with van der Waals surface area (Å²) in [6.45, 7) is 6.78. The molecule has 0 amide bonds. The lowest BCUT2D eigenvalue weighted by Crippen LogP contribution is -2.29. The van der Waals surface area contributed by atoms with Crippen molar-refractivity contribution in [1.82, 2.24) is 4.90 Å². The van der Waals surface area contributed by atoms with Crippen molar-refractivity contribution in [1.29, 1.82) is 0 Å². The summed E-state index contributed by atoms with van der Waals surface area (Å²) in [5.74, 6) is 0.725. The van der Waals surface area contributed by atoms with Crippen molar-refractivity contribution >= 4 is 21.6 Å². The van der Waals surface area contributed by atoms with E-state index < -0.39 is 0 Å². The van der Waals surface area contributed by atoms with Gasteiger partial charge in [-0.2, -0.15) is 0 Å². The first-order valence-corrected chi connectivity index (χ1v) is 7.13. The normalized spacial score (nSPS) is 15.8. The fourth-order valence-electron chi connectivity index (χ4n) is 2.16. The van der Waals surface area contributed by atoms with Crippen molar-refractivity contribution in [2.24, 2.45) is 5.92 Å². The van der Waals surface area contributed by atoms with Gasteiger partial charge in [0.1, 0.15) is 0 Å². The van der Waals surface area contributed by atoms with Gasteiger partial charge >= 0.3 is 0 Å². The highest BCUT2D eigenvalue weighted by Crippen LogP contribution is 2.30. The monoisotopic (exact) mass is 296 g/mol. The van der Waals surface area contributed by atoms with Gasteiger partial charge in [0.25, 0.3) is 0 Å². The zero-order valence-corrected chi connectivity index (χ0v) is 12.2. The molecule has 0 aliphatic heterocycles. The molecule has 94 valence electrons. The Morgan fingerprint density at radius 1 is 1.41 bits per heavy atom. The average Bonchev–Trinajstić information content (AvgIpc) is 3.03. The lowest BCUT2D eigenvalue weighted by molar-refractivity contribution is 0.225. The van der Waals surface area contributed by atoms with Gasteiger partial charge in [0.2, 0.25) is 0 Å². The van der Waals surface area contributed by atoms with Crippen LogP contribution in [0, 0.1) is 5.92 Å². The van der Waals surface area contributed by atoms with Gasteiger partial charge < -0.3 is 5.73 Å². The smallest absolute Gasteiger partial charge is 0.0325 e. The lowest BCUT2D eigenvalue weighted by Gasteiger charge is -2.24. The number of hydrogen-bond acceptors (Lipinski definition) is 2. The summed E-state index contributed by atoms with van der Waals surface area (Å²) in [5, 5.41) is 0. The van der Waals surface area contributed by atoms with Crippen LogP contribution in [0.3, 0.4) is 0 Å². The third-order valence-electron chi connectivity index (χ3n) is 3.11. The summed E-state index contributed by atoms with van der Waals surface area (Å²) in [5.41, 5.74) is 7.93. The summed E-state index contributed by atoms with van der Waals surface area (Å²) in [6, 6.07) is 6.92. The van der Waals surface area contributed by atoms with Crippen molar-refractivity contribution in [2.75, 3.05) is 12.3 Å². The van der Waals surface area contributed by atoms with E-state index in [4.69, 9.17) is 5.73 Å². The third-order valence-corrected chi connectivity index (χ3v) is 3.85. The highest BCUT2D eigenvalue weighted by molar-refractivity contribution is 9.10. The number of nitrogen functional groups attached to an aromatic ring is 1. The molecule has 1 saturated carbocycles. The van der Waals surface area contributed by atoms with Crippen molar-refractivity contribution in [2.45, 2.75) is 39.3 Å². The van der Waals surface area contributed by atoms with E-state index in [1.807, 2.05) is 12.1 Å². The van der Waals surface area contributed by atoms with E-state index in [0.29, 0.717) is 0 Å². The molecule has 0 unspecified atom stereocenters. The van der Waals surface area contributed by atoms with Crippen LogP contribution in [0.15, 0.2) is 22.7 Å². The van der Waals surface area contributed by atoms with Crippen LogP contribution in [0.2, 0.25) is 0 Å². The highest BCUT2D eigenvalue weighted by Gasteiger charge is 2.29. The second-order valence-corrected chi connectivity index (χ2v) is 6.26. The quantitative estimate of drug-likeness (QED) is 0.841. The summed E-state index contributed by atoms with van der Waals surface area (Å²) >= 11 is 3.60. The number of anilines is 1. The Bertz CT molecular complexity index is 386. The van der Waals surface area contributed by atoms with Gasteiger partial charge in [0.05, 0.1) is 0 Å². The van der Waals surface area contributed by atoms with Crippen LogP contribution in [0.25, 0.3) is 0 Å². The van der Waals surface area contributed by atoms with Gasteiger partial charge in [-0.05, 0) is 36.5 Å². The molecular formula is C14H21BrN2. The number of benzene rings is 1. The Balaban J connectivity index is 2.06. The molecule has 1 aromatic rings. The van der Waals surface area contributed by atoms with Gasteiger partial charge in [0.15, 0.2) is 0 Å². The van der Waals surface area contributed by atoms with Gasteiger partial charge in [-0.25, -0.2) is 0 Å². The summed E-state index contributed by atoms with van der Waals surface area (Å²) in [7, 11) is 0. The molecule has 0 aromatic heterocycles. The minimum atomic E-state index is 0.725. The molecule has 1 fully saturated rings. The van der Waals surface area contributed by atoms with Crippen LogP contribution in [0.1, 0.15) is 32.3 Å². The van der Waals surface area contributed by atoms with E-state index in [0.717, 1.165) is 28.7 Å². The Morgan fingerprint density at radius 2 is 2.12 bits per heavy atom. The fourth-order valence-corrected chi connectivity index (χ4v) is 2.68. The van der Waals surface area contributed by atoms with E-state index in [1.165, 1.54) is 24.9 Å². The molecule has 0 radical (unpaired) electrons. The maximum Gasteiger partial charge on any atom is 0.0325 e. The van der Waals surface area contributed by atoms with Crippen LogP contribution in [-0.4, -0.2) is 17.5 Å². The Morgan fingerprint density at radius 3 is 2.65 bits per heavy atom. The largest absolute Gasteiger partial charge is 0.399 e. The molecule has 2 nitrogen and oxygen atoms in total. The molecule has 17 heavy (non-hydrogen) atoms. The number of nitrogens with zero attached hydrogens (tertiary/aromatic N) is 1. The van der Waals surface area contributed by atoms with Crippen LogP contribution >= 0.6 is 15.9 Å². The van der Waals surface area contributed by atoms with Gasteiger partial charge in [-0.3, -0.25) is 4.90 Å². The molecule has 0 atom stereocenters. The molecule has 1 aliphatic carbocycles. The molecule has 1 aromatic carbocycles. The fraction of sp³-hybridized carbons (Fsp3) is 0.571. The van der Waals surface area contributed by atoms with Crippen molar-refractivity contribution in [3.63, 3.8) is 0 Å². The van der Waals surface area contributed by atoms with Gasteiger partial charge in [0, 0.05) is 29.3 Å². The minimum absolute atomic E-state index is 0.725. The molecule has 0 spiro atoms. The molecule has 0 heterocycles. The van der Waals surface area contributed by atoms with Crippen LogP contribution in [0.4, 0.5) is 5.69 Å². The van der Waals surface area contributed by atoms with Gasteiger partial charge in [-0.15, -0.1) is 0 Å². The second kappa shape index (κ2) is 5.40. The lowest BCUT2D eigenvalue weighted by atomic mass is 10.1. The van der Waals surface area contributed by atoms with E-state index in [9.17, 15) is 0 Å². The number of hydrogen-bond donors (Lipinski definition) is 1. The Hall–Kier alpha value is -0.540. The Kier molecular flexibility index (Phi) is 4.10. The van der Waals surface area contributed by atoms with Crippen LogP contribution in [0.5, 0.6) is 0 Å². The van der Waals surface area contributed by atoms with Crippen molar-refractivity contribution < 1.29 is 0 Å². The first-order chi connectivity index (χ1) is 8.06. The van der Waals surface area contributed by atoms with E-state index in [1.54, 1.807) is 0 Å². The predicted octanol–water partition coefficient (Wildman–Crippen LogP) is 3.65. The average molecular weight is 297 g/mol. The molecule has 2 rings (SSSR count). The molecule has 3 heteroatoms. The maximum atomic E-state index is 5.77. The summed E-state index contributed by atoms with van der Waals surface area (Å²) in [6.07, 6.45) is 2.72. The third kappa shape index (κ3) is 3.71. The van der Waals surface area contributed by atoms with Gasteiger partial charge in [-0.1, -0.05) is 35.8 Å². The summed E-state index contributed by atoms with van der Waals surface area (Å²) < 4.78 is 1.13. The molecule has 0 saturated heterocycles. The molecular weight excluding hydrogens is 276 g/mol. The van der Waals surface area contributed by atoms with Crippen LogP contribution in [-0.2, 0) is 6.54 Å². The van der Waals surface area contributed by atoms with E-state index in [2.05, 4.69) is 40.7 Å². The minimum Gasteiger partial charge on any atom is -0.399 e. The van der Waals surface area contributed by atoms with Crippen molar-refractivity contribution in [3.8, 4) is 0 Å². The standard InChI is InChI=1S/C14H21BrN2/c1-10(2)8-17(13-5-6-13)9-11-3-4-12(16)7-14(11)15/h3-4,7,10,13H,5-6,8-9,16H2,1-2H3. The first-order valence-electron chi connectivity index (χ1n) is 6.34. The summed E-state index contributed by atoms with van der Waals surface area (Å²) in [4.78, 5) is 2.60. The Labute approximate surface area is 112 Å².